The molecule has 1 aliphatic heterocycles. The van der Waals surface area contributed by atoms with Crippen LogP contribution in [0.5, 0.6) is 0 Å². The fraction of sp³-hybridized carbons (Fsp3) is 0.529. The van der Waals surface area contributed by atoms with Gasteiger partial charge < -0.3 is 15.0 Å². The zero-order valence-corrected chi connectivity index (χ0v) is 17.4. The van der Waals surface area contributed by atoms with Gasteiger partial charge in [-0.3, -0.25) is 9.79 Å². The van der Waals surface area contributed by atoms with Gasteiger partial charge in [0.1, 0.15) is 0 Å². The monoisotopic (exact) mass is 465 g/mol. The fourth-order valence-corrected chi connectivity index (χ4v) is 3.15. The second-order valence-corrected chi connectivity index (χ2v) is 6.30. The van der Waals surface area contributed by atoms with E-state index in [0.29, 0.717) is 6.54 Å². The van der Waals surface area contributed by atoms with Crippen molar-refractivity contribution in [3.8, 4) is 0 Å². The third kappa shape index (κ3) is 5.51. The van der Waals surface area contributed by atoms with Crippen molar-refractivity contribution < 1.29 is 9.53 Å². The highest BCUT2D eigenvalue weighted by molar-refractivity contribution is 14.0. The van der Waals surface area contributed by atoms with Gasteiger partial charge in [-0.05, 0) is 30.0 Å². The number of rotatable bonds is 4. The van der Waals surface area contributed by atoms with Crippen LogP contribution in [-0.4, -0.2) is 50.6 Å². The van der Waals surface area contributed by atoms with E-state index in [1.54, 1.807) is 7.05 Å². The van der Waals surface area contributed by atoms with E-state index in [1.165, 1.54) is 12.7 Å². The topological polar surface area (TPSA) is 53.9 Å². The molecular weight excluding hydrogens is 441 g/mol. The maximum atomic E-state index is 11.8. The van der Waals surface area contributed by atoms with Crippen LogP contribution < -0.4 is 5.32 Å². The molecule has 5 nitrogen and oxygen atoms in total. The molecule has 1 aromatic rings. The highest BCUT2D eigenvalue weighted by Gasteiger charge is 2.36. The van der Waals surface area contributed by atoms with Crippen molar-refractivity contribution in [3.05, 3.63) is 34.9 Å². The minimum Gasteiger partial charge on any atom is -0.469 e. The van der Waals surface area contributed by atoms with Crippen molar-refractivity contribution >= 4 is 47.5 Å². The third-order valence-electron chi connectivity index (χ3n) is 4.21. The lowest BCUT2D eigenvalue weighted by atomic mass is 9.99. The van der Waals surface area contributed by atoms with Crippen molar-refractivity contribution in [2.24, 2.45) is 16.8 Å². The highest BCUT2D eigenvalue weighted by atomic mass is 127. The van der Waals surface area contributed by atoms with Crippen LogP contribution in [0.15, 0.2) is 29.3 Å². The number of methoxy groups -OCH3 is 1. The van der Waals surface area contributed by atoms with Crippen LogP contribution in [0.2, 0.25) is 5.02 Å². The van der Waals surface area contributed by atoms with E-state index in [0.717, 1.165) is 30.5 Å². The SMILES string of the molecule is CN=C(NCCc1cccc(Cl)c1)N1CC(C)C(C(=O)OC)C1.I. The Morgan fingerprint density at radius 3 is 2.83 bits per heavy atom. The smallest absolute Gasteiger partial charge is 0.310 e. The zero-order chi connectivity index (χ0) is 16.8. The molecule has 134 valence electrons. The highest BCUT2D eigenvalue weighted by Crippen LogP contribution is 2.24. The first-order chi connectivity index (χ1) is 11.0. The van der Waals surface area contributed by atoms with Crippen LogP contribution >= 0.6 is 35.6 Å². The minimum absolute atomic E-state index is 0. The molecule has 1 fully saturated rings. The summed E-state index contributed by atoms with van der Waals surface area (Å²) in [7, 11) is 3.20. The second-order valence-electron chi connectivity index (χ2n) is 5.87. The number of nitrogens with one attached hydrogen (secondary N) is 1. The van der Waals surface area contributed by atoms with Crippen molar-refractivity contribution in [2.45, 2.75) is 13.3 Å². The van der Waals surface area contributed by atoms with E-state index in [4.69, 9.17) is 16.3 Å². The molecule has 2 unspecified atom stereocenters. The molecule has 7 heteroatoms. The molecule has 0 spiro atoms. The first-order valence-electron chi connectivity index (χ1n) is 7.83. The molecule has 0 aliphatic carbocycles. The minimum atomic E-state index is -0.144. The number of carbonyl (C=O) groups is 1. The lowest BCUT2D eigenvalue weighted by Crippen LogP contribution is -2.41. The second kappa shape index (κ2) is 10.1. The standard InChI is InChI=1S/C17H24ClN3O2.HI/c1-12-10-21(11-15(12)16(22)23-3)17(19-2)20-8-7-13-5-4-6-14(18)9-13;/h4-6,9,12,15H,7-8,10-11H2,1-3H3,(H,19,20);1H. The van der Waals surface area contributed by atoms with E-state index in [9.17, 15) is 4.79 Å². The molecule has 0 radical (unpaired) electrons. The average molecular weight is 466 g/mol. The normalized spacial score (nSPS) is 20.5. The molecule has 1 saturated heterocycles. The molecule has 1 heterocycles. The average Bonchev–Trinajstić information content (AvgIpc) is 2.92. The van der Waals surface area contributed by atoms with Gasteiger partial charge in [-0.1, -0.05) is 30.7 Å². The van der Waals surface area contributed by atoms with Gasteiger partial charge in [-0.15, -0.1) is 24.0 Å². The number of likely N-dealkylation sites (tertiary alicyclic amines) is 1. The molecule has 24 heavy (non-hydrogen) atoms. The summed E-state index contributed by atoms with van der Waals surface area (Å²) in [4.78, 5) is 18.2. The van der Waals surface area contributed by atoms with Crippen LogP contribution in [0, 0.1) is 11.8 Å². The molecule has 0 bridgehead atoms. The van der Waals surface area contributed by atoms with Crippen molar-refractivity contribution in [1.82, 2.24) is 10.2 Å². The van der Waals surface area contributed by atoms with Gasteiger partial charge in [-0.2, -0.15) is 0 Å². The van der Waals surface area contributed by atoms with Gasteiger partial charge in [0.05, 0.1) is 13.0 Å². The van der Waals surface area contributed by atoms with Gasteiger partial charge in [-0.25, -0.2) is 0 Å². The van der Waals surface area contributed by atoms with E-state index >= 15 is 0 Å². The number of esters is 1. The van der Waals surface area contributed by atoms with E-state index in [1.807, 2.05) is 18.2 Å². The summed E-state index contributed by atoms with van der Waals surface area (Å²) in [5.74, 6) is 0.847. The third-order valence-corrected chi connectivity index (χ3v) is 4.45. The van der Waals surface area contributed by atoms with Crippen LogP contribution in [0.4, 0.5) is 0 Å². The van der Waals surface area contributed by atoms with Gasteiger partial charge in [0, 0.05) is 31.7 Å². The van der Waals surface area contributed by atoms with Gasteiger partial charge in [0.25, 0.3) is 0 Å². The summed E-state index contributed by atoms with van der Waals surface area (Å²) < 4.78 is 4.88. The molecule has 0 amide bonds. The maximum absolute atomic E-state index is 11.8. The van der Waals surface area contributed by atoms with Crippen molar-refractivity contribution in [1.29, 1.82) is 0 Å². The van der Waals surface area contributed by atoms with E-state index < -0.39 is 0 Å². The quantitative estimate of drug-likeness (QED) is 0.322. The molecular formula is C17H25ClIN3O2. The van der Waals surface area contributed by atoms with Gasteiger partial charge in [0.15, 0.2) is 5.96 Å². The number of hydrogen-bond acceptors (Lipinski definition) is 3. The van der Waals surface area contributed by atoms with Crippen LogP contribution in [-0.2, 0) is 16.0 Å². The Morgan fingerprint density at radius 1 is 1.46 bits per heavy atom. The van der Waals surface area contributed by atoms with Crippen molar-refractivity contribution in [3.63, 3.8) is 0 Å². The Morgan fingerprint density at radius 2 is 2.21 bits per heavy atom. The zero-order valence-electron chi connectivity index (χ0n) is 14.3. The lowest BCUT2D eigenvalue weighted by Gasteiger charge is -2.21. The number of carbonyl (C=O) groups excluding carboxylic acids is 1. The van der Waals surface area contributed by atoms with E-state index in [2.05, 4.69) is 28.2 Å². The maximum Gasteiger partial charge on any atom is 0.310 e. The summed E-state index contributed by atoms with van der Waals surface area (Å²) in [6.45, 7) is 4.28. The number of halogens is 2. The summed E-state index contributed by atoms with van der Waals surface area (Å²) in [6, 6.07) is 7.85. The number of hydrogen-bond donors (Lipinski definition) is 1. The number of guanidine groups is 1. The summed E-state index contributed by atoms with van der Waals surface area (Å²) in [5, 5.41) is 4.11. The predicted molar refractivity (Wildman–Crippen MR) is 108 cm³/mol. The Labute approximate surface area is 165 Å². The Balaban J connectivity index is 0.00000288. The number of benzene rings is 1. The summed E-state index contributed by atoms with van der Waals surface area (Å²) >= 11 is 6.00. The Hall–Kier alpha value is -1.02. The van der Waals surface area contributed by atoms with Crippen LogP contribution in [0.1, 0.15) is 12.5 Å². The van der Waals surface area contributed by atoms with Crippen LogP contribution in [0.3, 0.4) is 0 Å². The first kappa shape index (κ1) is 21.0. The Bertz CT molecular complexity index is 583. The van der Waals surface area contributed by atoms with E-state index in [-0.39, 0.29) is 41.8 Å². The van der Waals surface area contributed by atoms with Gasteiger partial charge >= 0.3 is 5.97 Å². The molecule has 1 aliphatic rings. The molecule has 1 aromatic carbocycles. The van der Waals surface area contributed by atoms with Crippen molar-refractivity contribution in [2.75, 3.05) is 33.8 Å². The number of nitrogens with zero attached hydrogens (tertiary/aromatic N) is 2. The number of ether oxygens (including phenoxy) is 1. The molecule has 2 rings (SSSR count). The lowest BCUT2D eigenvalue weighted by molar-refractivity contribution is -0.145. The fourth-order valence-electron chi connectivity index (χ4n) is 2.94. The molecule has 1 N–H and O–H groups in total. The molecule has 2 atom stereocenters. The Kier molecular flexibility index (Phi) is 8.83. The largest absolute Gasteiger partial charge is 0.469 e. The first-order valence-corrected chi connectivity index (χ1v) is 8.20. The number of aliphatic imine (C=N–C) groups is 1. The van der Waals surface area contributed by atoms with Crippen LogP contribution in [0.25, 0.3) is 0 Å². The molecule has 0 saturated carbocycles. The summed E-state index contributed by atoms with van der Waals surface area (Å²) in [6.07, 6.45) is 0.864. The summed E-state index contributed by atoms with van der Waals surface area (Å²) in [5.41, 5.74) is 1.18. The predicted octanol–water partition coefficient (Wildman–Crippen LogP) is 2.82. The molecule has 0 aromatic heterocycles. The van der Waals surface area contributed by atoms with Gasteiger partial charge in [0.2, 0.25) is 0 Å².